The molecule has 0 radical (unpaired) electrons. The Labute approximate surface area is 104 Å². The van der Waals surface area contributed by atoms with Gasteiger partial charge in [-0.15, -0.1) is 0 Å². The molecule has 1 aliphatic heterocycles. The summed E-state index contributed by atoms with van der Waals surface area (Å²) >= 11 is 0. The quantitative estimate of drug-likeness (QED) is 0.776. The van der Waals surface area contributed by atoms with Crippen LogP contribution in [0.25, 0.3) is 0 Å². The molecule has 100 valence electrons. The van der Waals surface area contributed by atoms with E-state index in [0.29, 0.717) is 18.9 Å². The number of alkyl halides is 3. The predicted molar refractivity (Wildman–Crippen MR) is 61.5 cm³/mol. The van der Waals surface area contributed by atoms with Crippen LogP contribution in [-0.2, 0) is 10.9 Å². The van der Waals surface area contributed by atoms with E-state index in [0.717, 1.165) is 12.3 Å². The molecular formula is C12H15F3N2O. The van der Waals surface area contributed by atoms with E-state index in [4.69, 9.17) is 4.74 Å². The van der Waals surface area contributed by atoms with E-state index in [1.54, 1.807) is 0 Å². The average Bonchev–Trinajstić information content (AvgIpc) is 2.27. The molecule has 1 aromatic rings. The second-order valence-electron chi connectivity index (χ2n) is 4.57. The monoisotopic (exact) mass is 260 g/mol. The number of hydrogen-bond donors (Lipinski definition) is 0. The van der Waals surface area contributed by atoms with Gasteiger partial charge in [0.15, 0.2) is 0 Å². The van der Waals surface area contributed by atoms with E-state index in [1.807, 2.05) is 18.7 Å². The molecule has 0 saturated carbocycles. The molecule has 0 amide bonds. The van der Waals surface area contributed by atoms with Gasteiger partial charge in [-0.25, -0.2) is 4.98 Å². The van der Waals surface area contributed by atoms with E-state index in [2.05, 4.69) is 4.98 Å². The highest BCUT2D eigenvalue weighted by Gasteiger charge is 2.31. The first kappa shape index (κ1) is 13.1. The van der Waals surface area contributed by atoms with Crippen LogP contribution >= 0.6 is 0 Å². The molecule has 2 atom stereocenters. The highest BCUT2D eigenvalue weighted by atomic mass is 19.4. The molecule has 2 rings (SSSR count). The average molecular weight is 260 g/mol. The van der Waals surface area contributed by atoms with Crippen LogP contribution in [0.2, 0.25) is 0 Å². The maximum absolute atomic E-state index is 12.4. The molecule has 1 aliphatic rings. The third kappa shape index (κ3) is 2.93. The second-order valence-corrected chi connectivity index (χ2v) is 4.57. The minimum Gasteiger partial charge on any atom is -0.372 e. The van der Waals surface area contributed by atoms with Crippen LogP contribution in [0.4, 0.5) is 19.0 Å². The third-order valence-electron chi connectivity index (χ3n) is 2.82. The van der Waals surface area contributed by atoms with Crippen molar-refractivity contribution in [3.8, 4) is 0 Å². The molecule has 0 spiro atoms. The van der Waals surface area contributed by atoms with Gasteiger partial charge in [-0.1, -0.05) is 0 Å². The highest BCUT2D eigenvalue weighted by Crippen LogP contribution is 2.29. The van der Waals surface area contributed by atoms with Crippen molar-refractivity contribution < 1.29 is 17.9 Å². The number of pyridine rings is 1. The summed E-state index contributed by atoms with van der Waals surface area (Å²) < 4.78 is 42.8. The van der Waals surface area contributed by atoms with Gasteiger partial charge in [-0.05, 0) is 26.0 Å². The van der Waals surface area contributed by atoms with E-state index < -0.39 is 11.7 Å². The molecule has 0 aliphatic carbocycles. The number of nitrogens with zero attached hydrogens (tertiary/aromatic N) is 2. The molecule has 3 nitrogen and oxygen atoms in total. The van der Waals surface area contributed by atoms with Crippen LogP contribution < -0.4 is 4.90 Å². The summed E-state index contributed by atoms with van der Waals surface area (Å²) in [5.74, 6) is 0.560. The Balaban J connectivity index is 2.14. The first-order valence-electron chi connectivity index (χ1n) is 5.80. The number of halogens is 3. The number of ether oxygens (including phenoxy) is 1. The van der Waals surface area contributed by atoms with Gasteiger partial charge in [0.1, 0.15) is 5.82 Å². The molecule has 1 saturated heterocycles. The van der Waals surface area contributed by atoms with Crippen molar-refractivity contribution >= 4 is 5.82 Å². The Bertz CT molecular complexity index is 395. The third-order valence-corrected chi connectivity index (χ3v) is 2.82. The normalized spacial score (nSPS) is 25.3. The molecule has 2 heterocycles. The van der Waals surface area contributed by atoms with Gasteiger partial charge in [0.2, 0.25) is 0 Å². The van der Waals surface area contributed by atoms with Crippen molar-refractivity contribution in [3.05, 3.63) is 23.9 Å². The molecule has 1 fully saturated rings. The molecule has 0 unspecified atom stereocenters. The maximum Gasteiger partial charge on any atom is 0.417 e. The van der Waals surface area contributed by atoms with Crippen LogP contribution in [-0.4, -0.2) is 30.3 Å². The molecule has 0 bridgehead atoms. The first-order chi connectivity index (χ1) is 8.36. The fraction of sp³-hybridized carbons (Fsp3) is 0.583. The zero-order valence-electron chi connectivity index (χ0n) is 10.2. The topological polar surface area (TPSA) is 25.4 Å². The van der Waals surface area contributed by atoms with Gasteiger partial charge in [0, 0.05) is 19.3 Å². The molecule has 1 aromatic heterocycles. The fourth-order valence-electron chi connectivity index (χ4n) is 2.11. The van der Waals surface area contributed by atoms with Crippen molar-refractivity contribution in [2.45, 2.75) is 32.2 Å². The standard InChI is InChI=1S/C12H15F3N2O/c1-8-6-17(7-9(2)18-8)11-4-3-10(5-16-11)12(13,14)15/h3-5,8-9H,6-7H2,1-2H3/t8-,9-/m1/s1. The SMILES string of the molecule is C[C@@H]1CN(c2ccc(C(F)(F)F)cn2)C[C@@H](C)O1. The lowest BCUT2D eigenvalue weighted by molar-refractivity contribution is -0.137. The van der Waals surface area contributed by atoms with Gasteiger partial charge in [-0.3, -0.25) is 0 Å². The molecule has 18 heavy (non-hydrogen) atoms. The van der Waals surface area contributed by atoms with Crippen LogP contribution in [0, 0.1) is 0 Å². The van der Waals surface area contributed by atoms with E-state index in [1.165, 1.54) is 6.07 Å². The Morgan fingerprint density at radius 1 is 1.22 bits per heavy atom. The lowest BCUT2D eigenvalue weighted by Gasteiger charge is -2.36. The lowest BCUT2D eigenvalue weighted by Crippen LogP contribution is -2.45. The molecule has 0 N–H and O–H groups in total. The van der Waals surface area contributed by atoms with Gasteiger partial charge in [-0.2, -0.15) is 13.2 Å². The smallest absolute Gasteiger partial charge is 0.372 e. The fourth-order valence-corrected chi connectivity index (χ4v) is 2.11. The van der Waals surface area contributed by atoms with E-state index in [-0.39, 0.29) is 12.2 Å². The number of aromatic nitrogens is 1. The summed E-state index contributed by atoms with van der Waals surface area (Å²) in [5.41, 5.74) is -0.722. The molecular weight excluding hydrogens is 245 g/mol. The Morgan fingerprint density at radius 3 is 2.28 bits per heavy atom. The largest absolute Gasteiger partial charge is 0.417 e. The maximum atomic E-state index is 12.4. The lowest BCUT2D eigenvalue weighted by atomic mass is 10.2. The minimum atomic E-state index is -4.34. The number of morpholine rings is 1. The van der Waals surface area contributed by atoms with E-state index >= 15 is 0 Å². The molecule has 6 heteroatoms. The van der Waals surface area contributed by atoms with Gasteiger partial charge < -0.3 is 9.64 Å². The van der Waals surface area contributed by atoms with Crippen molar-refractivity contribution in [2.24, 2.45) is 0 Å². The van der Waals surface area contributed by atoms with Crippen molar-refractivity contribution in [1.29, 1.82) is 0 Å². The van der Waals surface area contributed by atoms with Gasteiger partial charge in [0.05, 0.1) is 17.8 Å². The van der Waals surface area contributed by atoms with Crippen molar-refractivity contribution in [2.75, 3.05) is 18.0 Å². The van der Waals surface area contributed by atoms with Crippen LogP contribution in [0.1, 0.15) is 19.4 Å². The van der Waals surface area contributed by atoms with Crippen LogP contribution in [0.5, 0.6) is 0 Å². The number of rotatable bonds is 1. The van der Waals surface area contributed by atoms with Crippen molar-refractivity contribution in [1.82, 2.24) is 4.98 Å². The zero-order chi connectivity index (χ0) is 13.3. The van der Waals surface area contributed by atoms with Gasteiger partial charge >= 0.3 is 6.18 Å². The number of hydrogen-bond acceptors (Lipinski definition) is 3. The summed E-state index contributed by atoms with van der Waals surface area (Å²) in [6.07, 6.45) is -3.35. The molecule has 0 aromatic carbocycles. The second kappa shape index (κ2) is 4.76. The summed E-state index contributed by atoms with van der Waals surface area (Å²) in [6, 6.07) is 2.47. The minimum absolute atomic E-state index is 0.0536. The summed E-state index contributed by atoms with van der Waals surface area (Å²) in [4.78, 5) is 5.83. The summed E-state index contributed by atoms with van der Waals surface area (Å²) in [5, 5.41) is 0. The zero-order valence-corrected chi connectivity index (χ0v) is 10.2. The van der Waals surface area contributed by atoms with Gasteiger partial charge in [0.25, 0.3) is 0 Å². The predicted octanol–water partition coefficient (Wildman–Crippen LogP) is 2.71. The number of anilines is 1. The van der Waals surface area contributed by atoms with Crippen molar-refractivity contribution in [3.63, 3.8) is 0 Å². The van der Waals surface area contributed by atoms with Crippen LogP contribution in [0.3, 0.4) is 0 Å². The summed E-state index contributed by atoms with van der Waals surface area (Å²) in [7, 11) is 0. The first-order valence-corrected chi connectivity index (χ1v) is 5.80. The Hall–Kier alpha value is -1.30. The Kier molecular flexibility index (Phi) is 3.47. The highest BCUT2D eigenvalue weighted by molar-refractivity contribution is 5.40. The Morgan fingerprint density at radius 2 is 1.83 bits per heavy atom. The van der Waals surface area contributed by atoms with E-state index in [9.17, 15) is 13.2 Å². The van der Waals surface area contributed by atoms with Crippen LogP contribution in [0.15, 0.2) is 18.3 Å². The summed E-state index contributed by atoms with van der Waals surface area (Å²) in [6.45, 7) is 5.16.